The Morgan fingerprint density at radius 2 is 1.56 bits per heavy atom. The molecule has 0 saturated carbocycles. The van der Waals surface area contributed by atoms with Crippen molar-refractivity contribution < 1.29 is 19.0 Å². The van der Waals surface area contributed by atoms with Gasteiger partial charge in [0.15, 0.2) is 11.5 Å². The number of hydrogen-bond donors (Lipinski definition) is 1. The number of carbonyl (C=O) groups excluding carboxylic acids is 1. The highest BCUT2D eigenvalue weighted by Crippen LogP contribution is 2.32. The lowest BCUT2D eigenvalue weighted by Gasteiger charge is -2.20. The van der Waals surface area contributed by atoms with Crippen molar-refractivity contribution in [1.82, 2.24) is 0 Å². The van der Waals surface area contributed by atoms with Crippen LogP contribution in [-0.4, -0.2) is 34.4 Å². The minimum Gasteiger partial charge on any atom is -0.496 e. The zero-order valence-electron chi connectivity index (χ0n) is 15.8. The molecule has 0 radical (unpaired) electrons. The van der Waals surface area contributed by atoms with Gasteiger partial charge in [-0.05, 0) is 23.6 Å². The zero-order chi connectivity index (χ0) is 19.4. The second-order valence-corrected chi connectivity index (χ2v) is 5.93. The fraction of sp³-hybridized carbons (Fsp3) is 0.190. The summed E-state index contributed by atoms with van der Waals surface area (Å²) in [6.07, 6.45) is 0. The first-order valence-electron chi connectivity index (χ1n) is 8.41. The number of urea groups is 1. The van der Waals surface area contributed by atoms with Gasteiger partial charge in [0.05, 0.1) is 21.3 Å². The average molecular weight is 366 g/mol. The number of amides is 2. The van der Waals surface area contributed by atoms with Crippen LogP contribution in [0.4, 0.5) is 16.2 Å². The molecule has 27 heavy (non-hydrogen) atoms. The Hall–Kier alpha value is -3.41. The number of nitrogens with zero attached hydrogens (tertiary/aromatic N) is 1. The smallest absolute Gasteiger partial charge is 0.326 e. The number of fused-ring (bicyclic) bond motifs is 1. The van der Waals surface area contributed by atoms with E-state index in [1.165, 1.54) is 4.90 Å². The predicted molar refractivity (Wildman–Crippen MR) is 107 cm³/mol. The summed E-state index contributed by atoms with van der Waals surface area (Å²) in [5, 5.41) is 4.89. The molecule has 3 rings (SSSR count). The highest BCUT2D eigenvalue weighted by molar-refractivity contribution is 6.03. The topological polar surface area (TPSA) is 60.0 Å². The molecule has 1 N–H and O–H groups in total. The van der Waals surface area contributed by atoms with Crippen molar-refractivity contribution >= 4 is 28.2 Å². The van der Waals surface area contributed by atoms with Gasteiger partial charge in [0.25, 0.3) is 0 Å². The fourth-order valence-electron chi connectivity index (χ4n) is 2.87. The summed E-state index contributed by atoms with van der Waals surface area (Å²) in [7, 11) is 6.43. The number of rotatable bonds is 5. The van der Waals surface area contributed by atoms with Crippen molar-refractivity contribution in [2.75, 3.05) is 38.6 Å². The molecular formula is C21H22N2O4. The first kappa shape index (κ1) is 18.4. The normalized spacial score (nSPS) is 10.4. The maximum atomic E-state index is 12.7. The molecule has 2 amide bonds. The largest absolute Gasteiger partial charge is 0.496 e. The van der Waals surface area contributed by atoms with E-state index < -0.39 is 0 Å². The monoisotopic (exact) mass is 366 g/mol. The summed E-state index contributed by atoms with van der Waals surface area (Å²) in [5.41, 5.74) is 1.33. The predicted octanol–water partition coefficient (Wildman–Crippen LogP) is 4.53. The molecule has 0 unspecified atom stereocenters. The fourth-order valence-corrected chi connectivity index (χ4v) is 2.87. The van der Waals surface area contributed by atoms with Crippen LogP contribution in [0.15, 0.2) is 54.6 Å². The van der Waals surface area contributed by atoms with Gasteiger partial charge in [-0.1, -0.05) is 24.3 Å². The van der Waals surface area contributed by atoms with Crippen LogP contribution in [0.25, 0.3) is 10.8 Å². The van der Waals surface area contributed by atoms with Crippen molar-refractivity contribution in [3.8, 4) is 17.2 Å². The summed E-state index contributed by atoms with van der Waals surface area (Å²) in [5.74, 6) is 1.87. The van der Waals surface area contributed by atoms with E-state index >= 15 is 0 Å². The summed E-state index contributed by atoms with van der Waals surface area (Å²) >= 11 is 0. The molecule has 0 aromatic heterocycles. The molecule has 140 valence electrons. The first-order chi connectivity index (χ1) is 13.1. The van der Waals surface area contributed by atoms with Crippen molar-refractivity contribution in [3.63, 3.8) is 0 Å². The van der Waals surface area contributed by atoms with Gasteiger partial charge in [-0.25, -0.2) is 4.79 Å². The molecule has 6 nitrogen and oxygen atoms in total. The molecule has 0 fully saturated rings. The summed E-state index contributed by atoms with van der Waals surface area (Å²) in [6.45, 7) is 0. The van der Waals surface area contributed by atoms with E-state index in [2.05, 4.69) is 5.32 Å². The Morgan fingerprint density at radius 3 is 2.26 bits per heavy atom. The van der Waals surface area contributed by atoms with Gasteiger partial charge in [-0.3, -0.25) is 4.90 Å². The molecule has 0 atom stereocenters. The standard InChI is InChI=1S/C21H22N2O4/c1-23(16-9-10-18(25-2)20(13-16)27-4)21(24)22-15-11-14-7-5-6-8-17(14)19(12-15)26-3/h5-13H,1-4H3,(H,22,24). The van der Waals surface area contributed by atoms with Crippen LogP contribution in [0.5, 0.6) is 17.2 Å². The molecule has 0 aliphatic rings. The van der Waals surface area contributed by atoms with Gasteiger partial charge in [0, 0.05) is 35.9 Å². The Kier molecular flexibility index (Phi) is 5.35. The van der Waals surface area contributed by atoms with Crippen LogP contribution in [0.3, 0.4) is 0 Å². The van der Waals surface area contributed by atoms with Crippen molar-refractivity contribution in [3.05, 3.63) is 54.6 Å². The van der Waals surface area contributed by atoms with E-state index in [1.807, 2.05) is 36.4 Å². The van der Waals surface area contributed by atoms with E-state index in [9.17, 15) is 4.79 Å². The van der Waals surface area contributed by atoms with E-state index in [-0.39, 0.29) is 6.03 Å². The van der Waals surface area contributed by atoms with E-state index in [4.69, 9.17) is 14.2 Å². The van der Waals surface area contributed by atoms with Crippen LogP contribution >= 0.6 is 0 Å². The van der Waals surface area contributed by atoms with E-state index in [0.717, 1.165) is 10.8 Å². The second-order valence-electron chi connectivity index (χ2n) is 5.93. The quantitative estimate of drug-likeness (QED) is 0.720. The third-order valence-corrected chi connectivity index (χ3v) is 4.35. The average Bonchev–Trinajstić information content (AvgIpc) is 2.71. The molecule has 0 saturated heterocycles. The van der Waals surface area contributed by atoms with E-state index in [1.54, 1.807) is 46.6 Å². The van der Waals surface area contributed by atoms with Gasteiger partial charge in [-0.2, -0.15) is 0 Å². The van der Waals surface area contributed by atoms with Gasteiger partial charge in [0.1, 0.15) is 5.75 Å². The SMILES string of the molecule is COc1ccc(N(C)C(=O)Nc2cc(OC)c3ccccc3c2)cc1OC. The molecule has 3 aromatic rings. The number of benzene rings is 3. The minimum atomic E-state index is -0.278. The number of hydrogen-bond acceptors (Lipinski definition) is 4. The second kappa shape index (κ2) is 7.86. The minimum absolute atomic E-state index is 0.278. The molecule has 0 aliphatic heterocycles. The maximum Gasteiger partial charge on any atom is 0.326 e. The zero-order valence-corrected chi connectivity index (χ0v) is 15.8. The van der Waals surface area contributed by atoms with Crippen LogP contribution in [0.1, 0.15) is 0 Å². The van der Waals surface area contributed by atoms with Crippen molar-refractivity contribution in [2.45, 2.75) is 0 Å². The van der Waals surface area contributed by atoms with Crippen molar-refractivity contribution in [1.29, 1.82) is 0 Å². The Morgan fingerprint density at radius 1 is 0.852 bits per heavy atom. The summed E-state index contributed by atoms with van der Waals surface area (Å²) in [6, 6.07) is 16.6. The first-order valence-corrected chi connectivity index (χ1v) is 8.41. The van der Waals surface area contributed by atoms with Crippen molar-refractivity contribution in [2.24, 2.45) is 0 Å². The van der Waals surface area contributed by atoms with Gasteiger partial charge < -0.3 is 19.5 Å². The van der Waals surface area contributed by atoms with Crippen LogP contribution in [-0.2, 0) is 0 Å². The summed E-state index contributed by atoms with van der Waals surface area (Å²) in [4.78, 5) is 14.2. The maximum absolute atomic E-state index is 12.7. The highest BCUT2D eigenvalue weighted by Gasteiger charge is 2.15. The number of ether oxygens (including phenoxy) is 3. The lowest BCUT2D eigenvalue weighted by molar-refractivity contribution is 0.258. The lowest BCUT2D eigenvalue weighted by Crippen LogP contribution is -2.31. The van der Waals surface area contributed by atoms with Crippen LogP contribution < -0.4 is 24.4 Å². The highest BCUT2D eigenvalue weighted by atomic mass is 16.5. The lowest BCUT2D eigenvalue weighted by atomic mass is 10.1. The summed E-state index contributed by atoms with van der Waals surface area (Å²) < 4.78 is 16.0. The van der Waals surface area contributed by atoms with Gasteiger partial charge in [0.2, 0.25) is 0 Å². The number of methoxy groups -OCH3 is 3. The molecule has 0 heterocycles. The number of nitrogens with one attached hydrogen (secondary N) is 1. The molecule has 0 aliphatic carbocycles. The van der Waals surface area contributed by atoms with Crippen LogP contribution in [0.2, 0.25) is 0 Å². The molecule has 6 heteroatoms. The Bertz CT molecular complexity index is 972. The third kappa shape index (κ3) is 3.74. The van der Waals surface area contributed by atoms with Gasteiger partial charge in [-0.15, -0.1) is 0 Å². The van der Waals surface area contributed by atoms with Crippen LogP contribution in [0, 0.1) is 0 Å². The Labute approximate surface area is 158 Å². The molecule has 0 bridgehead atoms. The molecule has 0 spiro atoms. The van der Waals surface area contributed by atoms with Gasteiger partial charge >= 0.3 is 6.03 Å². The number of carbonyl (C=O) groups is 1. The molecule has 3 aromatic carbocycles. The van der Waals surface area contributed by atoms with E-state index in [0.29, 0.717) is 28.6 Å². The Balaban J connectivity index is 1.85. The number of anilines is 2. The molecular weight excluding hydrogens is 344 g/mol. The third-order valence-electron chi connectivity index (χ3n) is 4.35.